The Balaban J connectivity index is 1.76. The molecule has 10 heteroatoms. The summed E-state index contributed by atoms with van der Waals surface area (Å²) in [6.45, 7) is 3.50. The van der Waals surface area contributed by atoms with Gasteiger partial charge in [0, 0.05) is 12.8 Å². The summed E-state index contributed by atoms with van der Waals surface area (Å²) in [4.78, 5) is 37.4. The van der Waals surface area contributed by atoms with Gasteiger partial charge in [-0.3, -0.25) is 14.4 Å². The predicted octanol–water partition coefficient (Wildman–Crippen LogP) is 1.35. The Morgan fingerprint density at radius 1 is 1.23 bits per heavy atom. The van der Waals surface area contributed by atoms with E-state index in [1.807, 2.05) is 6.07 Å². The normalized spacial score (nSPS) is 21.5. The molecule has 0 saturated carbocycles. The van der Waals surface area contributed by atoms with Crippen molar-refractivity contribution in [1.29, 1.82) is 0 Å². The fraction of sp³-hybridized carbons (Fsp3) is 0.524. The zero-order chi connectivity index (χ0) is 22.6. The number of sulfone groups is 1. The molecule has 2 aliphatic heterocycles. The van der Waals surface area contributed by atoms with Crippen molar-refractivity contribution in [3.05, 3.63) is 35.9 Å². The van der Waals surface area contributed by atoms with E-state index in [0.29, 0.717) is 6.42 Å². The fourth-order valence-corrected chi connectivity index (χ4v) is 5.34. The van der Waals surface area contributed by atoms with E-state index in [-0.39, 0.29) is 48.5 Å². The number of nitrogens with zero attached hydrogens (tertiary/aromatic N) is 2. The van der Waals surface area contributed by atoms with E-state index >= 15 is 0 Å². The molecule has 0 unspecified atom stereocenters. The number of esters is 1. The molecule has 0 bridgehead atoms. The Hall–Kier alpha value is -2.75. The van der Waals surface area contributed by atoms with Gasteiger partial charge in [-0.2, -0.15) is 5.10 Å². The van der Waals surface area contributed by atoms with E-state index in [2.05, 4.69) is 10.4 Å². The summed E-state index contributed by atoms with van der Waals surface area (Å²) < 4.78 is 28.8. The molecular weight excluding hydrogens is 422 g/mol. The molecule has 2 atom stereocenters. The summed E-state index contributed by atoms with van der Waals surface area (Å²) >= 11 is 0. The van der Waals surface area contributed by atoms with E-state index in [0.717, 1.165) is 10.6 Å². The minimum atomic E-state index is -3.20. The number of hydrazone groups is 1. The third-order valence-electron chi connectivity index (χ3n) is 5.12. The molecule has 1 saturated heterocycles. The van der Waals surface area contributed by atoms with Crippen molar-refractivity contribution in [3.8, 4) is 0 Å². The number of ether oxygens (including phenoxy) is 1. The number of nitrogens with one attached hydrogen (secondary N) is 1. The lowest BCUT2D eigenvalue weighted by molar-refractivity contribution is -0.148. The zero-order valence-electron chi connectivity index (χ0n) is 17.6. The number of hydrogen-bond acceptors (Lipinski definition) is 7. The Bertz CT molecular complexity index is 974. The van der Waals surface area contributed by atoms with Crippen molar-refractivity contribution in [2.24, 2.45) is 5.10 Å². The molecule has 1 N–H and O–H groups in total. The number of carbonyl (C=O) groups excluding carboxylic acids is 3. The van der Waals surface area contributed by atoms with Crippen LogP contribution in [-0.4, -0.2) is 60.6 Å². The van der Waals surface area contributed by atoms with Crippen molar-refractivity contribution in [3.63, 3.8) is 0 Å². The molecule has 0 aliphatic carbocycles. The van der Waals surface area contributed by atoms with E-state index in [9.17, 15) is 22.8 Å². The highest BCUT2D eigenvalue weighted by atomic mass is 32.2. The quantitative estimate of drug-likeness (QED) is 0.627. The first-order valence-corrected chi connectivity index (χ1v) is 12.1. The SMILES string of the molecule is CC(C)OC(=O)C[C@H](NC(=O)C1=NN([C@@H]2CCS(=O)(=O)C2)C(=O)CC1)c1ccccc1. The lowest BCUT2D eigenvalue weighted by Crippen LogP contribution is -2.44. The second-order valence-corrected chi connectivity index (χ2v) is 10.3. The van der Waals surface area contributed by atoms with Gasteiger partial charge in [0.1, 0.15) is 5.71 Å². The maximum absolute atomic E-state index is 12.9. The summed E-state index contributed by atoms with van der Waals surface area (Å²) in [5, 5.41) is 8.16. The third-order valence-corrected chi connectivity index (χ3v) is 6.87. The Morgan fingerprint density at radius 2 is 1.94 bits per heavy atom. The molecule has 1 aromatic carbocycles. The van der Waals surface area contributed by atoms with Gasteiger partial charge in [-0.05, 0) is 25.8 Å². The van der Waals surface area contributed by atoms with Crippen LogP contribution in [0.1, 0.15) is 51.1 Å². The van der Waals surface area contributed by atoms with Crippen molar-refractivity contribution in [1.82, 2.24) is 10.3 Å². The average molecular weight is 450 g/mol. The Morgan fingerprint density at radius 3 is 2.55 bits per heavy atom. The van der Waals surface area contributed by atoms with Gasteiger partial charge in [0.05, 0.1) is 36.1 Å². The fourth-order valence-electron chi connectivity index (χ4n) is 3.64. The molecule has 0 aromatic heterocycles. The van der Waals surface area contributed by atoms with Crippen molar-refractivity contribution >= 4 is 33.3 Å². The standard InChI is InChI=1S/C21H27N3O6S/c1-14(2)30-20(26)12-18(15-6-4-3-5-7-15)22-21(27)17-8-9-19(25)24(23-17)16-10-11-31(28,29)13-16/h3-7,14,16,18H,8-13H2,1-2H3,(H,22,27)/t16-,18+/m1/s1. The monoisotopic (exact) mass is 449 g/mol. The molecule has 0 radical (unpaired) electrons. The smallest absolute Gasteiger partial charge is 0.308 e. The van der Waals surface area contributed by atoms with E-state index in [4.69, 9.17) is 4.74 Å². The van der Waals surface area contributed by atoms with E-state index < -0.39 is 33.8 Å². The number of rotatable bonds is 7. The molecule has 2 amide bonds. The number of benzene rings is 1. The van der Waals surface area contributed by atoms with Gasteiger partial charge in [0.2, 0.25) is 5.91 Å². The van der Waals surface area contributed by atoms with Crippen LogP contribution in [0.5, 0.6) is 0 Å². The first-order valence-electron chi connectivity index (χ1n) is 10.3. The molecule has 2 aliphatic rings. The average Bonchev–Trinajstić information content (AvgIpc) is 3.07. The maximum Gasteiger partial charge on any atom is 0.308 e. The van der Waals surface area contributed by atoms with Gasteiger partial charge in [-0.15, -0.1) is 0 Å². The van der Waals surface area contributed by atoms with Crippen LogP contribution in [0.2, 0.25) is 0 Å². The maximum atomic E-state index is 12.9. The van der Waals surface area contributed by atoms with Gasteiger partial charge >= 0.3 is 5.97 Å². The Kier molecular flexibility index (Phi) is 7.09. The molecule has 1 aromatic rings. The largest absolute Gasteiger partial charge is 0.463 e. The predicted molar refractivity (Wildman–Crippen MR) is 114 cm³/mol. The molecule has 1 fully saturated rings. The van der Waals surface area contributed by atoms with E-state index in [1.54, 1.807) is 38.1 Å². The summed E-state index contributed by atoms with van der Waals surface area (Å²) in [5.41, 5.74) is 0.879. The topological polar surface area (TPSA) is 122 Å². The van der Waals surface area contributed by atoms with Crippen LogP contribution in [-0.2, 0) is 29.0 Å². The highest BCUT2D eigenvalue weighted by molar-refractivity contribution is 7.91. The summed E-state index contributed by atoms with van der Waals surface area (Å²) in [5.74, 6) is -1.37. The molecular formula is C21H27N3O6S. The molecule has 31 heavy (non-hydrogen) atoms. The van der Waals surface area contributed by atoms with Crippen LogP contribution in [0.3, 0.4) is 0 Å². The molecule has 3 rings (SSSR count). The molecule has 0 spiro atoms. The van der Waals surface area contributed by atoms with Crippen LogP contribution in [0.4, 0.5) is 0 Å². The van der Waals surface area contributed by atoms with Crippen molar-refractivity contribution < 1.29 is 27.5 Å². The lowest BCUT2D eigenvalue weighted by Gasteiger charge is -2.28. The van der Waals surface area contributed by atoms with Crippen LogP contribution in [0, 0.1) is 0 Å². The summed E-state index contributed by atoms with van der Waals surface area (Å²) in [6, 6.07) is 7.87. The van der Waals surface area contributed by atoms with Gasteiger partial charge in [-0.25, -0.2) is 13.4 Å². The highest BCUT2D eigenvalue weighted by Gasteiger charge is 2.37. The van der Waals surface area contributed by atoms with Crippen LogP contribution >= 0.6 is 0 Å². The zero-order valence-corrected chi connectivity index (χ0v) is 18.4. The van der Waals surface area contributed by atoms with Gasteiger partial charge in [0.25, 0.3) is 5.91 Å². The second-order valence-electron chi connectivity index (χ2n) is 8.02. The first kappa shape index (κ1) is 22.9. The third kappa shape index (κ3) is 6.13. The number of amides is 2. The minimum Gasteiger partial charge on any atom is -0.463 e. The van der Waals surface area contributed by atoms with Crippen LogP contribution in [0.25, 0.3) is 0 Å². The highest BCUT2D eigenvalue weighted by Crippen LogP contribution is 2.23. The van der Waals surface area contributed by atoms with Crippen LogP contribution in [0.15, 0.2) is 35.4 Å². The van der Waals surface area contributed by atoms with Crippen LogP contribution < -0.4 is 5.32 Å². The van der Waals surface area contributed by atoms with Crippen molar-refractivity contribution in [2.45, 2.75) is 57.7 Å². The summed E-state index contributed by atoms with van der Waals surface area (Å²) in [7, 11) is -3.20. The lowest BCUT2D eigenvalue weighted by atomic mass is 10.0. The van der Waals surface area contributed by atoms with E-state index in [1.165, 1.54) is 0 Å². The molecule has 168 valence electrons. The summed E-state index contributed by atoms with van der Waals surface area (Å²) in [6.07, 6.45) is 0.210. The molecule has 2 heterocycles. The van der Waals surface area contributed by atoms with Gasteiger partial charge in [-0.1, -0.05) is 30.3 Å². The Labute approximate surface area is 181 Å². The first-order chi connectivity index (χ1) is 14.6. The van der Waals surface area contributed by atoms with Crippen molar-refractivity contribution in [2.75, 3.05) is 11.5 Å². The second kappa shape index (κ2) is 9.59. The number of hydrogen-bond donors (Lipinski definition) is 1. The minimum absolute atomic E-state index is 0.00649. The van der Waals surface area contributed by atoms with Gasteiger partial charge < -0.3 is 10.1 Å². The number of carbonyl (C=O) groups is 3. The molecule has 9 nitrogen and oxygen atoms in total. The van der Waals surface area contributed by atoms with Gasteiger partial charge in [0.15, 0.2) is 9.84 Å².